The Bertz CT molecular complexity index is 167. The highest BCUT2D eigenvalue weighted by Crippen LogP contribution is 2.32. The molecule has 0 amide bonds. The van der Waals surface area contributed by atoms with Gasteiger partial charge in [0.05, 0.1) is 6.61 Å². The number of hydrogen-bond donors (Lipinski definition) is 0. The molecule has 2 heteroatoms. The Morgan fingerprint density at radius 3 is 2.23 bits per heavy atom. The van der Waals surface area contributed by atoms with Crippen LogP contribution in [0.4, 0.5) is 0 Å². The highest BCUT2D eigenvalue weighted by atomic mass is 16.5. The summed E-state index contributed by atoms with van der Waals surface area (Å²) in [6.07, 6.45) is 3.77. The minimum Gasteiger partial charge on any atom is -0.466 e. The molecule has 0 bridgehead atoms. The Morgan fingerprint density at radius 1 is 1.23 bits per heavy atom. The summed E-state index contributed by atoms with van der Waals surface area (Å²) in [7, 11) is 0. The maximum Gasteiger partial charge on any atom is 0.302 e. The van der Waals surface area contributed by atoms with Gasteiger partial charge < -0.3 is 4.74 Å². The first-order valence-electron chi connectivity index (χ1n) is 5.21. The SMILES string of the molecule is CC(=O)OCC1CC(C)CC(C)C1. The van der Waals surface area contributed by atoms with Crippen LogP contribution in [-0.2, 0) is 9.53 Å². The van der Waals surface area contributed by atoms with Crippen molar-refractivity contribution in [3.63, 3.8) is 0 Å². The lowest BCUT2D eigenvalue weighted by Crippen LogP contribution is -2.23. The molecule has 0 saturated heterocycles. The van der Waals surface area contributed by atoms with Crippen molar-refractivity contribution in [1.82, 2.24) is 0 Å². The van der Waals surface area contributed by atoms with Crippen LogP contribution >= 0.6 is 0 Å². The molecule has 1 aliphatic rings. The van der Waals surface area contributed by atoms with Crippen LogP contribution in [0, 0.1) is 17.8 Å². The van der Waals surface area contributed by atoms with Crippen molar-refractivity contribution in [3.05, 3.63) is 0 Å². The van der Waals surface area contributed by atoms with E-state index in [4.69, 9.17) is 4.74 Å². The quantitative estimate of drug-likeness (QED) is 0.617. The lowest BCUT2D eigenvalue weighted by molar-refractivity contribution is -0.143. The Hall–Kier alpha value is -0.530. The summed E-state index contributed by atoms with van der Waals surface area (Å²) in [5.74, 6) is 2.04. The Morgan fingerprint density at radius 2 is 1.77 bits per heavy atom. The van der Waals surface area contributed by atoms with E-state index in [0.717, 1.165) is 11.8 Å². The van der Waals surface area contributed by atoms with Gasteiger partial charge in [0.15, 0.2) is 0 Å². The van der Waals surface area contributed by atoms with E-state index < -0.39 is 0 Å². The zero-order valence-corrected chi connectivity index (χ0v) is 8.88. The second kappa shape index (κ2) is 4.64. The fourth-order valence-electron chi connectivity index (χ4n) is 2.48. The summed E-state index contributed by atoms with van der Waals surface area (Å²) in [6.45, 7) is 6.69. The second-order valence-corrected chi connectivity index (χ2v) is 4.59. The van der Waals surface area contributed by atoms with Crippen molar-refractivity contribution in [3.8, 4) is 0 Å². The molecule has 2 unspecified atom stereocenters. The van der Waals surface area contributed by atoms with Gasteiger partial charge in [0.25, 0.3) is 0 Å². The standard InChI is InChI=1S/C11H20O2/c1-8-4-9(2)6-11(5-8)7-13-10(3)12/h8-9,11H,4-7H2,1-3H3. The van der Waals surface area contributed by atoms with Gasteiger partial charge in [-0.15, -0.1) is 0 Å². The second-order valence-electron chi connectivity index (χ2n) is 4.59. The molecule has 1 aliphatic carbocycles. The van der Waals surface area contributed by atoms with E-state index in [1.807, 2.05) is 0 Å². The summed E-state index contributed by atoms with van der Waals surface area (Å²) in [4.78, 5) is 10.6. The molecule has 0 aromatic heterocycles. The molecule has 1 saturated carbocycles. The first kappa shape index (κ1) is 10.6. The first-order chi connectivity index (χ1) is 6.08. The topological polar surface area (TPSA) is 26.3 Å². The number of ether oxygens (including phenoxy) is 1. The molecule has 0 aliphatic heterocycles. The molecule has 1 fully saturated rings. The third kappa shape index (κ3) is 3.79. The summed E-state index contributed by atoms with van der Waals surface area (Å²) in [6, 6.07) is 0. The zero-order chi connectivity index (χ0) is 9.84. The largest absolute Gasteiger partial charge is 0.466 e. The molecule has 2 atom stereocenters. The predicted molar refractivity (Wildman–Crippen MR) is 52.3 cm³/mol. The minimum atomic E-state index is -0.147. The Kier molecular flexibility index (Phi) is 3.76. The van der Waals surface area contributed by atoms with Gasteiger partial charge in [-0.25, -0.2) is 0 Å². The van der Waals surface area contributed by atoms with Crippen molar-refractivity contribution < 1.29 is 9.53 Å². The Labute approximate surface area is 80.7 Å². The fourth-order valence-corrected chi connectivity index (χ4v) is 2.48. The van der Waals surface area contributed by atoms with Gasteiger partial charge in [-0.2, -0.15) is 0 Å². The highest BCUT2D eigenvalue weighted by molar-refractivity contribution is 5.65. The van der Waals surface area contributed by atoms with Crippen molar-refractivity contribution in [2.45, 2.75) is 40.0 Å². The van der Waals surface area contributed by atoms with Gasteiger partial charge >= 0.3 is 5.97 Å². The van der Waals surface area contributed by atoms with E-state index in [1.54, 1.807) is 0 Å². The average Bonchev–Trinajstić information content (AvgIpc) is 1.99. The van der Waals surface area contributed by atoms with Crippen LogP contribution in [0.2, 0.25) is 0 Å². The van der Waals surface area contributed by atoms with Crippen LogP contribution in [0.15, 0.2) is 0 Å². The fraction of sp³-hybridized carbons (Fsp3) is 0.909. The summed E-state index contributed by atoms with van der Waals surface area (Å²) >= 11 is 0. The van der Waals surface area contributed by atoms with Gasteiger partial charge in [-0.1, -0.05) is 13.8 Å². The van der Waals surface area contributed by atoms with Gasteiger partial charge in [-0.05, 0) is 37.0 Å². The smallest absolute Gasteiger partial charge is 0.302 e. The molecule has 0 aromatic carbocycles. The first-order valence-corrected chi connectivity index (χ1v) is 5.21. The summed E-state index contributed by atoms with van der Waals surface area (Å²) < 4.78 is 5.04. The highest BCUT2D eigenvalue weighted by Gasteiger charge is 2.24. The molecule has 13 heavy (non-hydrogen) atoms. The molecule has 1 rings (SSSR count). The van der Waals surface area contributed by atoms with Gasteiger partial charge in [0.2, 0.25) is 0 Å². The van der Waals surface area contributed by atoms with Crippen LogP contribution in [0.25, 0.3) is 0 Å². The molecule has 0 aromatic rings. The number of hydrogen-bond acceptors (Lipinski definition) is 2. The Balaban J connectivity index is 2.28. The molecular weight excluding hydrogens is 164 g/mol. The molecular formula is C11H20O2. The zero-order valence-electron chi connectivity index (χ0n) is 8.88. The number of carbonyl (C=O) groups excluding carboxylic acids is 1. The van der Waals surface area contributed by atoms with Crippen LogP contribution in [0.3, 0.4) is 0 Å². The molecule has 2 nitrogen and oxygen atoms in total. The molecule has 0 radical (unpaired) electrons. The number of rotatable bonds is 2. The van der Waals surface area contributed by atoms with E-state index in [9.17, 15) is 4.79 Å². The van der Waals surface area contributed by atoms with Crippen LogP contribution < -0.4 is 0 Å². The maximum absolute atomic E-state index is 10.6. The normalized spacial score (nSPS) is 34.2. The van der Waals surface area contributed by atoms with Gasteiger partial charge in [-0.3, -0.25) is 4.79 Å². The third-order valence-corrected chi connectivity index (χ3v) is 2.80. The van der Waals surface area contributed by atoms with E-state index in [1.165, 1.54) is 26.2 Å². The van der Waals surface area contributed by atoms with Crippen LogP contribution in [-0.4, -0.2) is 12.6 Å². The maximum atomic E-state index is 10.6. The number of carbonyl (C=O) groups is 1. The molecule has 0 spiro atoms. The van der Waals surface area contributed by atoms with E-state index >= 15 is 0 Å². The lowest BCUT2D eigenvalue weighted by Gasteiger charge is -2.30. The van der Waals surface area contributed by atoms with Crippen molar-refractivity contribution >= 4 is 5.97 Å². The van der Waals surface area contributed by atoms with E-state index in [0.29, 0.717) is 12.5 Å². The van der Waals surface area contributed by atoms with Crippen LogP contribution in [0.1, 0.15) is 40.0 Å². The average molecular weight is 184 g/mol. The number of esters is 1. The van der Waals surface area contributed by atoms with Crippen molar-refractivity contribution in [2.75, 3.05) is 6.61 Å². The van der Waals surface area contributed by atoms with Gasteiger partial charge in [0, 0.05) is 6.92 Å². The van der Waals surface area contributed by atoms with Crippen LogP contribution in [0.5, 0.6) is 0 Å². The summed E-state index contributed by atoms with van der Waals surface area (Å²) in [5, 5.41) is 0. The predicted octanol–water partition coefficient (Wildman–Crippen LogP) is 2.62. The molecule has 76 valence electrons. The minimum absolute atomic E-state index is 0.147. The van der Waals surface area contributed by atoms with Crippen molar-refractivity contribution in [2.24, 2.45) is 17.8 Å². The molecule has 0 N–H and O–H groups in total. The van der Waals surface area contributed by atoms with E-state index in [-0.39, 0.29) is 5.97 Å². The third-order valence-electron chi connectivity index (χ3n) is 2.80. The van der Waals surface area contributed by atoms with Crippen molar-refractivity contribution in [1.29, 1.82) is 0 Å². The molecule has 0 heterocycles. The van der Waals surface area contributed by atoms with E-state index in [2.05, 4.69) is 13.8 Å². The summed E-state index contributed by atoms with van der Waals surface area (Å²) in [5.41, 5.74) is 0. The lowest BCUT2D eigenvalue weighted by atomic mass is 9.77. The van der Waals surface area contributed by atoms with Gasteiger partial charge in [0.1, 0.15) is 0 Å². The monoisotopic (exact) mass is 184 g/mol.